The molecule has 262 valence electrons. The van der Waals surface area contributed by atoms with Crippen molar-refractivity contribution in [2.24, 2.45) is 5.10 Å². The van der Waals surface area contributed by atoms with E-state index >= 15 is 0 Å². The molecular weight excluding hydrogens is 687 g/mol. The Balaban J connectivity index is 1.43. The van der Waals surface area contributed by atoms with Crippen molar-refractivity contribution in [2.75, 3.05) is 13.2 Å². The zero-order chi connectivity index (χ0) is 35.9. The fraction of sp³-hybridized carbons (Fsp3) is 0.222. The lowest BCUT2D eigenvalue weighted by atomic mass is 10.0. The maximum atomic E-state index is 13.3. The first kappa shape index (κ1) is 37.5. The molecule has 0 aromatic heterocycles. The molecule has 5 N–H and O–H groups in total. The number of rotatable bonds is 16. The van der Waals surface area contributed by atoms with E-state index in [1.165, 1.54) is 18.3 Å². The average Bonchev–Trinajstić information content (AvgIpc) is 3.11. The second-order valence-electron chi connectivity index (χ2n) is 10.8. The van der Waals surface area contributed by atoms with Crippen LogP contribution in [0.2, 0.25) is 10.0 Å². The highest BCUT2D eigenvalue weighted by molar-refractivity contribution is 6.32. The molecule has 4 aromatic rings. The molecule has 0 bridgehead atoms. The molecule has 3 amide bonds. The van der Waals surface area contributed by atoms with Crippen molar-refractivity contribution >= 4 is 47.3 Å². The molecule has 4 aromatic carbocycles. The summed E-state index contributed by atoms with van der Waals surface area (Å²) in [6, 6.07) is 22.7. The number of amides is 3. The summed E-state index contributed by atoms with van der Waals surface area (Å²) in [5, 5.41) is 29.3. The third kappa shape index (κ3) is 11.7. The lowest BCUT2D eigenvalue weighted by Crippen LogP contribution is -2.55. The number of nitrogens with zero attached hydrogens (tertiary/aromatic N) is 1. The Morgan fingerprint density at radius 2 is 1.50 bits per heavy atom. The van der Waals surface area contributed by atoms with Gasteiger partial charge in [0.15, 0.2) is 11.5 Å². The molecule has 0 heterocycles. The Bertz CT molecular complexity index is 1760. The number of aromatic hydroxyl groups is 1. The van der Waals surface area contributed by atoms with Crippen LogP contribution in [0.3, 0.4) is 0 Å². The van der Waals surface area contributed by atoms with E-state index in [9.17, 15) is 24.6 Å². The van der Waals surface area contributed by atoms with Crippen LogP contribution in [-0.2, 0) is 34.0 Å². The highest BCUT2D eigenvalue weighted by atomic mass is 35.5. The highest BCUT2D eigenvalue weighted by Crippen LogP contribution is 2.37. The number of phenols is 1. The van der Waals surface area contributed by atoms with E-state index < -0.39 is 36.6 Å². The van der Waals surface area contributed by atoms with Crippen molar-refractivity contribution < 1.29 is 38.8 Å². The Morgan fingerprint density at radius 1 is 0.820 bits per heavy atom. The van der Waals surface area contributed by atoms with Gasteiger partial charge < -0.3 is 35.1 Å². The van der Waals surface area contributed by atoms with Gasteiger partial charge in [0.25, 0.3) is 5.91 Å². The van der Waals surface area contributed by atoms with Gasteiger partial charge in [-0.3, -0.25) is 9.59 Å². The fourth-order valence-electron chi connectivity index (χ4n) is 4.50. The van der Waals surface area contributed by atoms with Gasteiger partial charge in [-0.05, 0) is 65.6 Å². The molecule has 0 aliphatic rings. The number of aliphatic hydroxyl groups is 1. The number of halogens is 2. The number of alkyl carbamates (subject to hydrolysis) is 1. The molecule has 0 saturated heterocycles. The van der Waals surface area contributed by atoms with Crippen molar-refractivity contribution in [1.82, 2.24) is 16.1 Å². The number of ether oxygens (including phenoxy) is 3. The second kappa shape index (κ2) is 19.0. The third-order valence-electron chi connectivity index (χ3n) is 7.03. The summed E-state index contributed by atoms with van der Waals surface area (Å²) < 4.78 is 16.8. The zero-order valence-corrected chi connectivity index (χ0v) is 28.5. The molecule has 0 saturated carbocycles. The van der Waals surface area contributed by atoms with Crippen molar-refractivity contribution in [1.29, 1.82) is 0 Å². The number of hydrogen-bond donors (Lipinski definition) is 5. The van der Waals surface area contributed by atoms with E-state index in [1.807, 2.05) is 25.1 Å². The van der Waals surface area contributed by atoms with E-state index in [0.29, 0.717) is 34.3 Å². The minimum Gasteiger partial charge on any atom is -0.508 e. The molecule has 2 atom stereocenters. The summed E-state index contributed by atoms with van der Waals surface area (Å²) in [4.78, 5) is 38.8. The summed E-state index contributed by atoms with van der Waals surface area (Å²) in [7, 11) is 0. The van der Waals surface area contributed by atoms with Crippen molar-refractivity contribution in [3.05, 3.63) is 123 Å². The largest absolute Gasteiger partial charge is 0.508 e. The van der Waals surface area contributed by atoms with Crippen LogP contribution in [0, 0.1) is 0 Å². The van der Waals surface area contributed by atoms with Gasteiger partial charge >= 0.3 is 6.09 Å². The topological polar surface area (TPSA) is 168 Å². The average molecular weight is 724 g/mol. The Hall–Kier alpha value is -5.30. The van der Waals surface area contributed by atoms with E-state index in [-0.39, 0.29) is 30.4 Å². The fourth-order valence-corrected chi connectivity index (χ4v) is 4.90. The van der Waals surface area contributed by atoms with Crippen LogP contribution < -0.4 is 25.5 Å². The Kier molecular flexibility index (Phi) is 14.3. The molecule has 0 fully saturated rings. The molecule has 0 radical (unpaired) electrons. The lowest BCUT2D eigenvalue weighted by molar-refractivity contribution is -0.130. The minimum absolute atomic E-state index is 0.00997. The maximum Gasteiger partial charge on any atom is 0.408 e. The quantitative estimate of drug-likeness (QED) is 0.0783. The van der Waals surface area contributed by atoms with Gasteiger partial charge in [-0.2, -0.15) is 5.10 Å². The van der Waals surface area contributed by atoms with Gasteiger partial charge in [-0.25, -0.2) is 10.2 Å². The van der Waals surface area contributed by atoms with Crippen LogP contribution in [0.25, 0.3) is 0 Å². The Morgan fingerprint density at radius 3 is 2.18 bits per heavy atom. The molecule has 12 nitrogen and oxygen atoms in total. The third-order valence-corrected chi connectivity index (χ3v) is 7.56. The predicted octanol–water partition coefficient (Wildman–Crippen LogP) is 5.14. The summed E-state index contributed by atoms with van der Waals surface area (Å²) in [6.07, 6.45) is 0.401. The normalized spacial score (nSPS) is 12.1. The first-order chi connectivity index (χ1) is 24.1. The molecule has 4 rings (SSSR count). The number of hydrogen-bond acceptors (Lipinski definition) is 9. The van der Waals surface area contributed by atoms with Gasteiger partial charge in [-0.1, -0.05) is 77.8 Å². The van der Waals surface area contributed by atoms with Gasteiger partial charge in [0.2, 0.25) is 5.91 Å². The molecular formula is C36H36Cl2N4O8. The van der Waals surface area contributed by atoms with Crippen LogP contribution in [0.5, 0.6) is 17.2 Å². The first-order valence-electron chi connectivity index (χ1n) is 15.5. The van der Waals surface area contributed by atoms with Gasteiger partial charge in [0, 0.05) is 11.4 Å². The second-order valence-corrected chi connectivity index (χ2v) is 11.6. The predicted molar refractivity (Wildman–Crippen MR) is 189 cm³/mol. The highest BCUT2D eigenvalue weighted by Gasteiger charge is 2.27. The van der Waals surface area contributed by atoms with Gasteiger partial charge in [-0.15, -0.1) is 0 Å². The molecule has 14 heteroatoms. The number of phenolic OH excluding ortho intramolecular Hbond substituents is 1. The summed E-state index contributed by atoms with van der Waals surface area (Å²) >= 11 is 12.5. The van der Waals surface area contributed by atoms with Crippen molar-refractivity contribution in [2.45, 2.75) is 38.6 Å². The molecule has 0 spiro atoms. The van der Waals surface area contributed by atoms with Crippen molar-refractivity contribution in [3.63, 3.8) is 0 Å². The molecule has 0 aliphatic heterocycles. The standard InChI is InChI=1S/C36H36Cl2N4O8/c1-2-48-32-18-26(16-29(38)33(32)49-21-25-8-12-27(37)13-9-25)19-39-42-35(46)30(17-23-10-14-28(44)15-11-23)40-34(45)31(20-43)41-36(47)50-22-24-6-4-3-5-7-24/h3-16,18-19,30-31,43-44H,2,17,20-22H2,1H3,(H,40,45)(H,41,47)(H,42,46)/b39-19-/t30-,31-/m0/s1. The number of aliphatic hydroxyl groups excluding tert-OH is 1. The maximum absolute atomic E-state index is 13.3. The van der Waals surface area contributed by atoms with Crippen LogP contribution in [0.1, 0.15) is 29.2 Å². The SMILES string of the molecule is CCOc1cc(/C=N\NC(=O)[C@H](Cc2ccc(O)cc2)NC(=O)[C@H](CO)NC(=O)OCc2ccccc2)cc(Cl)c1OCc1ccc(Cl)cc1. The molecule has 50 heavy (non-hydrogen) atoms. The van der Waals surface area contributed by atoms with Crippen molar-refractivity contribution in [3.8, 4) is 17.2 Å². The molecule has 0 unspecified atom stereocenters. The van der Waals surface area contributed by atoms with E-state index in [1.54, 1.807) is 60.7 Å². The summed E-state index contributed by atoms with van der Waals surface area (Å²) in [6.45, 7) is 1.55. The van der Waals surface area contributed by atoms with Crippen LogP contribution in [0.15, 0.2) is 96.1 Å². The number of benzene rings is 4. The first-order valence-corrected chi connectivity index (χ1v) is 16.2. The number of nitrogens with one attached hydrogen (secondary N) is 3. The smallest absolute Gasteiger partial charge is 0.408 e. The lowest BCUT2D eigenvalue weighted by Gasteiger charge is -2.21. The number of hydrazone groups is 1. The van der Waals surface area contributed by atoms with Crippen LogP contribution >= 0.6 is 23.2 Å². The number of carbonyl (C=O) groups is 3. The molecule has 0 aliphatic carbocycles. The minimum atomic E-state index is -1.42. The number of carbonyl (C=O) groups excluding carboxylic acids is 3. The summed E-state index contributed by atoms with van der Waals surface area (Å²) in [5.74, 6) is -0.825. The van der Waals surface area contributed by atoms with Crippen LogP contribution in [-0.4, -0.2) is 59.6 Å². The Labute approximate surface area is 299 Å². The summed E-state index contributed by atoms with van der Waals surface area (Å²) in [5.41, 5.74) is 5.10. The van der Waals surface area contributed by atoms with E-state index in [0.717, 1.165) is 11.1 Å². The monoisotopic (exact) mass is 722 g/mol. The van der Waals surface area contributed by atoms with Gasteiger partial charge in [0.1, 0.15) is 31.0 Å². The zero-order valence-electron chi connectivity index (χ0n) is 27.0. The van der Waals surface area contributed by atoms with E-state index in [2.05, 4.69) is 21.2 Å². The van der Waals surface area contributed by atoms with Crippen LogP contribution in [0.4, 0.5) is 4.79 Å². The van der Waals surface area contributed by atoms with Gasteiger partial charge in [0.05, 0.1) is 24.5 Å². The van der Waals surface area contributed by atoms with E-state index in [4.69, 9.17) is 37.4 Å².